The minimum atomic E-state index is -0.844. The number of carbonyl (C=O) groups is 1. The van der Waals surface area contributed by atoms with Gasteiger partial charge in [0.05, 0.1) is 5.70 Å². The third kappa shape index (κ3) is 4.92. The number of aliphatic hydroxyl groups is 1. The fourth-order valence-electron chi connectivity index (χ4n) is 3.27. The van der Waals surface area contributed by atoms with E-state index in [-0.39, 0.29) is 0 Å². The molecule has 0 aliphatic carbocycles. The Balaban J connectivity index is 2.19. The fraction of sp³-hybridized carbons (Fsp3) is 0.320. The highest BCUT2D eigenvalue weighted by Crippen LogP contribution is 2.39. The molecule has 2 aromatic rings. The van der Waals surface area contributed by atoms with Gasteiger partial charge in [-0.1, -0.05) is 74.0 Å². The number of aliphatic hydroxyl groups excluding tert-OH is 1. The number of rotatable bonds is 5. The second kappa shape index (κ2) is 9.18. The van der Waals surface area contributed by atoms with Gasteiger partial charge in [-0.05, 0) is 27.2 Å². The second-order valence-electron chi connectivity index (χ2n) is 8.19. The Morgan fingerprint density at radius 2 is 1.60 bits per heavy atom. The molecular weight excluding hydrogens is 378 g/mol. The first-order valence-corrected chi connectivity index (χ1v) is 10.2. The Hall–Kier alpha value is -3.05. The molecule has 0 aromatic heterocycles. The molecule has 1 aliphatic rings. The molecular formula is C25H29NO4. The predicted molar refractivity (Wildman–Crippen MR) is 118 cm³/mol. The zero-order chi connectivity index (χ0) is 21.7. The third-order valence-corrected chi connectivity index (χ3v) is 4.55. The van der Waals surface area contributed by atoms with Crippen LogP contribution in [0.1, 0.15) is 51.7 Å². The van der Waals surface area contributed by atoms with Gasteiger partial charge >= 0.3 is 6.09 Å². The molecule has 30 heavy (non-hydrogen) atoms. The van der Waals surface area contributed by atoms with Crippen LogP contribution >= 0.6 is 0 Å². The zero-order valence-corrected chi connectivity index (χ0v) is 18.0. The summed E-state index contributed by atoms with van der Waals surface area (Å²) in [6.45, 7) is 7.48. The van der Waals surface area contributed by atoms with Gasteiger partial charge < -0.3 is 14.6 Å². The van der Waals surface area contributed by atoms with E-state index in [1.165, 1.54) is 11.2 Å². The smallest absolute Gasteiger partial charge is 0.419 e. The summed E-state index contributed by atoms with van der Waals surface area (Å²) in [5.74, 6) is 0.341. The number of hydrogen-bond acceptors (Lipinski definition) is 4. The molecule has 3 rings (SSSR count). The highest BCUT2D eigenvalue weighted by molar-refractivity contribution is 5.95. The number of benzene rings is 2. The van der Waals surface area contributed by atoms with E-state index in [9.17, 15) is 9.90 Å². The van der Waals surface area contributed by atoms with Crippen molar-refractivity contribution in [1.29, 1.82) is 0 Å². The lowest BCUT2D eigenvalue weighted by atomic mass is 10.0. The maximum atomic E-state index is 13.4. The van der Waals surface area contributed by atoms with Crippen LogP contribution in [0.2, 0.25) is 0 Å². The van der Waals surface area contributed by atoms with E-state index >= 15 is 0 Å². The van der Waals surface area contributed by atoms with Crippen LogP contribution in [0.4, 0.5) is 4.79 Å². The van der Waals surface area contributed by atoms with E-state index in [4.69, 9.17) is 9.47 Å². The molecule has 0 saturated carbocycles. The SMILES string of the molecule is CCCC(O)C1=C(c2ccccc2)N(C(=O)OC(C)(C)C)C(c2ccccc2)=CO1. The molecule has 5 nitrogen and oxygen atoms in total. The fourth-order valence-corrected chi connectivity index (χ4v) is 3.27. The Morgan fingerprint density at radius 3 is 2.13 bits per heavy atom. The summed E-state index contributed by atoms with van der Waals surface area (Å²) in [7, 11) is 0. The lowest BCUT2D eigenvalue weighted by molar-refractivity contribution is 0.0405. The van der Waals surface area contributed by atoms with Gasteiger partial charge in [-0.3, -0.25) is 0 Å². The summed E-state index contributed by atoms with van der Waals surface area (Å²) in [6.07, 6.45) is 1.43. The van der Waals surface area contributed by atoms with Crippen molar-refractivity contribution in [3.8, 4) is 0 Å². The number of nitrogens with zero attached hydrogens (tertiary/aromatic N) is 1. The van der Waals surface area contributed by atoms with E-state index in [0.717, 1.165) is 17.5 Å². The summed E-state index contributed by atoms with van der Waals surface area (Å²) in [5.41, 5.74) is 1.93. The molecule has 1 unspecified atom stereocenters. The second-order valence-corrected chi connectivity index (χ2v) is 8.19. The van der Waals surface area contributed by atoms with Crippen molar-refractivity contribution >= 4 is 17.5 Å². The Bertz CT molecular complexity index is 927. The van der Waals surface area contributed by atoms with Gasteiger partial charge in [0.15, 0.2) is 5.76 Å². The van der Waals surface area contributed by atoms with Crippen LogP contribution in [0.25, 0.3) is 11.4 Å². The van der Waals surface area contributed by atoms with E-state index in [2.05, 4.69) is 0 Å². The zero-order valence-electron chi connectivity index (χ0n) is 18.0. The van der Waals surface area contributed by atoms with Crippen LogP contribution < -0.4 is 0 Å². The molecule has 1 heterocycles. The number of amides is 1. The lowest BCUT2D eigenvalue weighted by Crippen LogP contribution is -2.38. The molecule has 0 bridgehead atoms. The Labute approximate surface area is 178 Å². The minimum absolute atomic E-state index is 0.341. The average Bonchev–Trinajstić information content (AvgIpc) is 2.73. The Kier molecular flexibility index (Phi) is 6.63. The first-order chi connectivity index (χ1) is 14.3. The molecule has 1 aliphatic heterocycles. The van der Waals surface area contributed by atoms with Crippen molar-refractivity contribution in [3.63, 3.8) is 0 Å². The molecule has 0 fully saturated rings. The minimum Gasteiger partial charge on any atom is -0.462 e. The van der Waals surface area contributed by atoms with Crippen LogP contribution in [0.15, 0.2) is 72.7 Å². The van der Waals surface area contributed by atoms with Crippen LogP contribution in [0, 0.1) is 0 Å². The van der Waals surface area contributed by atoms with Gasteiger partial charge in [-0.15, -0.1) is 0 Å². The van der Waals surface area contributed by atoms with Gasteiger partial charge in [-0.25, -0.2) is 9.69 Å². The van der Waals surface area contributed by atoms with Crippen LogP contribution in [0.3, 0.4) is 0 Å². The number of ether oxygens (including phenoxy) is 2. The topological polar surface area (TPSA) is 59.0 Å². The van der Waals surface area contributed by atoms with Crippen molar-refractivity contribution in [3.05, 3.63) is 83.8 Å². The molecule has 0 saturated heterocycles. The summed E-state index contributed by atoms with van der Waals surface area (Å²) >= 11 is 0. The number of hydrogen-bond donors (Lipinski definition) is 1. The largest absolute Gasteiger partial charge is 0.462 e. The molecule has 5 heteroatoms. The lowest BCUT2D eigenvalue weighted by Gasteiger charge is -2.35. The predicted octanol–water partition coefficient (Wildman–Crippen LogP) is 5.78. The van der Waals surface area contributed by atoms with Crippen LogP contribution in [-0.4, -0.2) is 27.8 Å². The Morgan fingerprint density at radius 1 is 1.03 bits per heavy atom. The molecule has 1 amide bonds. The van der Waals surface area contributed by atoms with E-state index in [1.54, 1.807) is 0 Å². The molecule has 2 aromatic carbocycles. The van der Waals surface area contributed by atoms with E-state index < -0.39 is 17.8 Å². The van der Waals surface area contributed by atoms with Crippen molar-refractivity contribution in [2.75, 3.05) is 0 Å². The van der Waals surface area contributed by atoms with Crippen LogP contribution in [0.5, 0.6) is 0 Å². The first-order valence-electron chi connectivity index (χ1n) is 10.2. The summed E-state index contributed by atoms with van der Waals surface area (Å²) in [6, 6.07) is 19.0. The molecule has 0 radical (unpaired) electrons. The normalized spacial score (nSPS) is 15.4. The van der Waals surface area contributed by atoms with E-state index in [0.29, 0.717) is 23.6 Å². The van der Waals surface area contributed by atoms with Gasteiger partial charge in [0.1, 0.15) is 23.7 Å². The molecule has 0 spiro atoms. The number of carbonyl (C=O) groups excluding carboxylic acids is 1. The van der Waals surface area contributed by atoms with Crippen LogP contribution in [-0.2, 0) is 9.47 Å². The van der Waals surface area contributed by atoms with Crippen molar-refractivity contribution in [1.82, 2.24) is 4.90 Å². The van der Waals surface area contributed by atoms with Crippen molar-refractivity contribution in [2.45, 2.75) is 52.2 Å². The summed E-state index contributed by atoms with van der Waals surface area (Å²) in [5, 5.41) is 10.8. The molecule has 158 valence electrons. The average molecular weight is 408 g/mol. The van der Waals surface area contributed by atoms with Crippen molar-refractivity contribution in [2.24, 2.45) is 0 Å². The maximum Gasteiger partial charge on any atom is 0.419 e. The quantitative estimate of drug-likeness (QED) is 0.682. The summed E-state index contributed by atoms with van der Waals surface area (Å²) in [4.78, 5) is 14.9. The monoisotopic (exact) mass is 407 g/mol. The summed E-state index contributed by atoms with van der Waals surface area (Å²) < 4.78 is 11.7. The molecule has 1 N–H and O–H groups in total. The van der Waals surface area contributed by atoms with Gasteiger partial charge in [0.2, 0.25) is 0 Å². The van der Waals surface area contributed by atoms with E-state index in [1.807, 2.05) is 88.4 Å². The third-order valence-electron chi connectivity index (χ3n) is 4.55. The highest BCUT2D eigenvalue weighted by Gasteiger charge is 2.36. The van der Waals surface area contributed by atoms with Crippen molar-refractivity contribution < 1.29 is 19.4 Å². The maximum absolute atomic E-state index is 13.4. The van der Waals surface area contributed by atoms with Gasteiger partial charge in [0, 0.05) is 11.1 Å². The standard InChI is InChI=1S/C25H29NO4/c1-5-12-21(27)23-22(19-15-10-7-11-16-19)26(24(28)30-25(2,3)4)20(17-29-23)18-13-8-6-9-14-18/h6-11,13-17,21,27H,5,12H2,1-4H3. The van der Waals surface area contributed by atoms with Gasteiger partial charge in [-0.2, -0.15) is 0 Å². The first kappa shape index (κ1) is 21.7. The highest BCUT2D eigenvalue weighted by atomic mass is 16.6. The van der Waals surface area contributed by atoms with Gasteiger partial charge in [0.25, 0.3) is 0 Å². The molecule has 1 atom stereocenters.